The number of sulfonamides is 1. The smallest absolute Gasteiger partial charge is 0.264 e. The molecule has 2 aromatic rings. The van der Waals surface area contributed by atoms with Gasteiger partial charge >= 0.3 is 0 Å². The molecule has 0 fully saturated rings. The molecule has 0 bridgehead atoms. The van der Waals surface area contributed by atoms with Crippen molar-refractivity contribution in [2.45, 2.75) is 11.3 Å². The Morgan fingerprint density at radius 1 is 1.08 bits per heavy atom. The average molecular weight is 417 g/mol. The summed E-state index contributed by atoms with van der Waals surface area (Å²) in [6.45, 7) is 0.878. The Morgan fingerprint density at radius 3 is 2.27 bits per heavy atom. The number of anilines is 1. The van der Waals surface area contributed by atoms with E-state index in [9.17, 15) is 13.2 Å². The highest BCUT2D eigenvalue weighted by Gasteiger charge is 2.21. The van der Waals surface area contributed by atoms with Gasteiger partial charge in [0.25, 0.3) is 10.0 Å². The number of hydrogen-bond acceptors (Lipinski definition) is 4. The quantitative estimate of drug-likeness (QED) is 0.647. The van der Waals surface area contributed by atoms with E-state index in [1.54, 1.807) is 37.4 Å². The third-order valence-corrected chi connectivity index (χ3v) is 5.72. The Labute approximate surface area is 162 Å². The van der Waals surface area contributed by atoms with Crippen molar-refractivity contribution in [2.75, 3.05) is 25.0 Å². The summed E-state index contributed by atoms with van der Waals surface area (Å²) in [5.74, 6) is -0.141. The molecule has 1 amide bonds. The number of halogens is 2. The second-order valence-electron chi connectivity index (χ2n) is 5.37. The van der Waals surface area contributed by atoms with Gasteiger partial charge in [-0.15, -0.1) is 0 Å². The molecule has 0 aliphatic rings. The van der Waals surface area contributed by atoms with Crippen molar-refractivity contribution in [3.8, 4) is 0 Å². The summed E-state index contributed by atoms with van der Waals surface area (Å²) in [7, 11) is -2.38. The zero-order chi connectivity index (χ0) is 19.2. The van der Waals surface area contributed by atoms with Crippen LogP contribution in [0.15, 0.2) is 47.4 Å². The second kappa shape index (κ2) is 9.23. The molecule has 2 rings (SSSR count). The first kappa shape index (κ1) is 20.5. The number of carbonyl (C=O) groups is 1. The lowest BCUT2D eigenvalue weighted by molar-refractivity contribution is -0.120. The minimum Gasteiger partial charge on any atom is -0.383 e. The zero-order valence-corrected chi connectivity index (χ0v) is 16.3. The molecule has 26 heavy (non-hydrogen) atoms. The zero-order valence-electron chi connectivity index (χ0n) is 14.0. The maximum atomic E-state index is 12.5. The lowest BCUT2D eigenvalue weighted by Crippen LogP contribution is -2.28. The van der Waals surface area contributed by atoms with E-state index in [2.05, 4.69) is 10.0 Å². The Balaban J connectivity index is 2.06. The van der Waals surface area contributed by atoms with Gasteiger partial charge in [-0.2, -0.15) is 0 Å². The molecule has 140 valence electrons. The Bertz CT molecular complexity index is 851. The van der Waals surface area contributed by atoms with E-state index in [4.69, 9.17) is 27.9 Å². The maximum Gasteiger partial charge on any atom is 0.264 e. The van der Waals surface area contributed by atoms with E-state index in [0.717, 1.165) is 5.56 Å². The lowest BCUT2D eigenvalue weighted by atomic mass is 10.1. The molecule has 2 N–H and O–H groups in total. The van der Waals surface area contributed by atoms with Crippen molar-refractivity contribution in [3.05, 3.63) is 58.1 Å². The third-order valence-electron chi connectivity index (χ3n) is 3.39. The number of rotatable bonds is 8. The molecule has 0 aliphatic heterocycles. The minimum atomic E-state index is -3.93. The summed E-state index contributed by atoms with van der Waals surface area (Å²) < 4.78 is 32.3. The standard InChI is InChI=1S/C17H18Cl2N2O4S/c1-25-10-9-20-16(22)11-12-5-7-13(8-6-12)21-26(23,24)17-14(18)3-2-4-15(17)19/h2-8,21H,9-11H2,1H3,(H,20,22). The van der Waals surface area contributed by atoms with Crippen LogP contribution in [-0.2, 0) is 26.0 Å². The maximum absolute atomic E-state index is 12.5. The SMILES string of the molecule is COCCNC(=O)Cc1ccc(NS(=O)(=O)c2c(Cl)cccc2Cl)cc1. The van der Waals surface area contributed by atoms with Gasteiger partial charge in [0.15, 0.2) is 0 Å². The van der Waals surface area contributed by atoms with E-state index >= 15 is 0 Å². The van der Waals surface area contributed by atoms with Gasteiger partial charge in [-0.25, -0.2) is 8.42 Å². The molecule has 0 atom stereocenters. The van der Waals surface area contributed by atoms with Crippen LogP contribution in [0.1, 0.15) is 5.56 Å². The molecule has 0 saturated carbocycles. The molecule has 2 aromatic carbocycles. The fourth-order valence-corrected chi connectivity index (χ4v) is 4.38. The first-order valence-corrected chi connectivity index (χ1v) is 9.89. The van der Waals surface area contributed by atoms with Crippen molar-refractivity contribution >= 4 is 44.8 Å². The molecular formula is C17H18Cl2N2O4S. The molecule has 0 radical (unpaired) electrons. The number of nitrogens with one attached hydrogen (secondary N) is 2. The van der Waals surface area contributed by atoms with Crippen molar-refractivity contribution in [3.63, 3.8) is 0 Å². The molecule has 0 heterocycles. The van der Waals surface area contributed by atoms with Crippen LogP contribution >= 0.6 is 23.2 Å². The van der Waals surface area contributed by atoms with Crippen LogP contribution in [0.5, 0.6) is 0 Å². The normalized spacial score (nSPS) is 11.2. The van der Waals surface area contributed by atoms with Crippen LogP contribution in [0.2, 0.25) is 10.0 Å². The molecule has 0 saturated heterocycles. The summed E-state index contributed by atoms with van der Waals surface area (Å²) in [6, 6.07) is 10.9. The Hall–Kier alpha value is -1.80. The van der Waals surface area contributed by atoms with Crippen LogP contribution in [0.25, 0.3) is 0 Å². The third kappa shape index (κ3) is 5.60. The summed E-state index contributed by atoms with van der Waals surface area (Å²) >= 11 is 11.9. The molecule has 0 unspecified atom stereocenters. The van der Waals surface area contributed by atoms with Crippen molar-refractivity contribution < 1.29 is 17.9 Å². The van der Waals surface area contributed by atoms with E-state index in [1.165, 1.54) is 12.1 Å². The van der Waals surface area contributed by atoms with Gasteiger partial charge in [-0.05, 0) is 29.8 Å². The summed E-state index contributed by atoms with van der Waals surface area (Å²) in [6.07, 6.45) is 0.188. The number of hydrogen-bond donors (Lipinski definition) is 2. The molecule has 0 aromatic heterocycles. The number of benzene rings is 2. The van der Waals surface area contributed by atoms with Crippen molar-refractivity contribution in [2.24, 2.45) is 0 Å². The molecule has 0 aliphatic carbocycles. The van der Waals surface area contributed by atoms with Crippen LogP contribution in [0.4, 0.5) is 5.69 Å². The number of carbonyl (C=O) groups excluding carboxylic acids is 1. The largest absolute Gasteiger partial charge is 0.383 e. The fourth-order valence-electron chi connectivity index (χ4n) is 2.18. The van der Waals surface area contributed by atoms with Gasteiger partial charge in [0.05, 0.1) is 23.1 Å². The molecule has 0 spiro atoms. The predicted octanol–water partition coefficient (Wildman–Crippen LogP) is 3.10. The highest BCUT2D eigenvalue weighted by Crippen LogP contribution is 2.30. The molecule has 6 nitrogen and oxygen atoms in total. The molecular weight excluding hydrogens is 399 g/mol. The van der Waals surface area contributed by atoms with E-state index in [-0.39, 0.29) is 27.3 Å². The van der Waals surface area contributed by atoms with Gasteiger partial charge in [0, 0.05) is 19.3 Å². The Morgan fingerprint density at radius 2 is 1.69 bits per heavy atom. The highest BCUT2D eigenvalue weighted by atomic mass is 35.5. The number of amides is 1. The van der Waals surface area contributed by atoms with Crippen molar-refractivity contribution in [1.29, 1.82) is 0 Å². The monoisotopic (exact) mass is 416 g/mol. The topological polar surface area (TPSA) is 84.5 Å². The summed E-state index contributed by atoms with van der Waals surface area (Å²) in [5, 5.41) is 2.79. The van der Waals surface area contributed by atoms with Crippen LogP contribution in [-0.4, -0.2) is 34.6 Å². The Kier molecular flexibility index (Phi) is 7.28. The van der Waals surface area contributed by atoms with E-state index in [0.29, 0.717) is 18.8 Å². The second-order valence-corrected chi connectivity index (χ2v) is 7.81. The van der Waals surface area contributed by atoms with Crippen LogP contribution in [0.3, 0.4) is 0 Å². The van der Waals surface area contributed by atoms with Gasteiger partial charge in [0.2, 0.25) is 5.91 Å². The minimum absolute atomic E-state index is 0.0364. The van der Waals surface area contributed by atoms with E-state index in [1.807, 2.05) is 0 Å². The summed E-state index contributed by atoms with van der Waals surface area (Å²) in [5.41, 5.74) is 1.09. The van der Waals surface area contributed by atoms with Gasteiger partial charge in [0.1, 0.15) is 4.90 Å². The number of ether oxygens (including phenoxy) is 1. The van der Waals surface area contributed by atoms with Gasteiger partial charge in [-0.1, -0.05) is 41.4 Å². The predicted molar refractivity (Wildman–Crippen MR) is 102 cm³/mol. The lowest BCUT2D eigenvalue weighted by Gasteiger charge is -2.11. The average Bonchev–Trinajstić information content (AvgIpc) is 2.56. The first-order valence-electron chi connectivity index (χ1n) is 7.65. The first-order chi connectivity index (χ1) is 12.3. The number of methoxy groups -OCH3 is 1. The fraction of sp³-hybridized carbons (Fsp3) is 0.235. The van der Waals surface area contributed by atoms with Gasteiger partial charge < -0.3 is 10.1 Å². The molecule has 9 heteroatoms. The van der Waals surface area contributed by atoms with Crippen LogP contribution in [0, 0.1) is 0 Å². The van der Waals surface area contributed by atoms with Gasteiger partial charge in [-0.3, -0.25) is 9.52 Å². The highest BCUT2D eigenvalue weighted by molar-refractivity contribution is 7.93. The van der Waals surface area contributed by atoms with E-state index < -0.39 is 10.0 Å². The van der Waals surface area contributed by atoms with Crippen LogP contribution < -0.4 is 10.0 Å². The summed E-state index contributed by atoms with van der Waals surface area (Å²) in [4.78, 5) is 11.6. The van der Waals surface area contributed by atoms with Crippen molar-refractivity contribution in [1.82, 2.24) is 5.32 Å².